The second-order valence-corrected chi connectivity index (χ2v) is 3.52. The van der Waals surface area contributed by atoms with Gasteiger partial charge >= 0.3 is 0 Å². The first-order valence-electron chi connectivity index (χ1n) is 5.25. The summed E-state index contributed by atoms with van der Waals surface area (Å²) in [4.78, 5) is 21.6. The average Bonchev–Trinajstić information content (AvgIpc) is 2.22. The summed E-state index contributed by atoms with van der Waals surface area (Å²) in [5, 5.41) is 21.1. The maximum atomic E-state index is 11.2. The van der Waals surface area contributed by atoms with Crippen LogP contribution in [0.1, 0.15) is 19.3 Å². The zero-order chi connectivity index (χ0) is 13.3. The molecule has 0 aliphatic rings. The molecule has 106 valence electrons. The quantitative estimate of drug-likeness (QED) is 0.173. The van der Waals surface area contributed by atoms with Crippen LogP contribution in [0.5, 0.6) is 0 Å². The third-order valence-electron chi connectivity index (χ3n) is 1.95. The van der Waals surface area contributed by atoms with Crippen molar-refractivity contribution in [1.29, 1.82) is 5.41 Å². The Balaban J connectivity index is 0. The Morgan fingerprint density at radius 1 is 1.17 bits per heavy atom. The highest BCUT2D eigenvalue weighted by Gasteiger charge is 2.15. The van der Waals surface area contributed by atoms with Gasteiger partial charge < -0.3 is 27.2 Å². The first-order chi connectivity index (χ1) is 7.93. The average molecular weight is 282 g/mol. The predicted molar refractivity (Wildman–Crippen MR) is 69.2 cm³/mol. The van der Waals surface area contributed by atoms with E-state index in [0.29, 0.717) is 19.5 Å². The van der Waals surface area contributed by atoms with E-state index in [0.717, 1.165) is 6.42 Å². The Labute approximate surface area is 111 Å². The highest BCUT2D eigenvalue weighted by molar-refractivity contribution is 5.86. The topological polar surface area (TPSA) is 154 Å². The van der Waals surface area contributed by atoms with Crippen molar-refractivity contribution < 1.29 is 14.7 Å². The molecule has 0 saturated heterocycles. The van der Waals surface area contributed by atoms with E-state index >= 15 is 0 Å². The van der Waals surface area contributed by atoms with E-state index in [1.54, 1.807) is 0 Å². The summed E-state index contributed by atoms with van der Waals surface area (Å²) < 4.78 is 0. The second-order valence-electron chi connectivity index (χ2n) is 3.52. The fourth-order valence-electron chi connectivity index (χ4n) is 1.05. The molecule has 0 aromatic rings. The number of amides is 2. The van der Waals surface area contributed by atoms with Crippen LogP contribution >= 0.6 is 12.4 Å². The van der Waals surface area contributed by atoms with Gasteiger partial charge in [0.15, 0.2) is 5.96 Å². The number of carbonyl (C=O) groups is 2. The lowest BCUT2D eigenvalue weighted by Gasteiger charge is -2.08. The number of hydrogen-bond donors (Lipinski definition) is 6. The van der Waals surface area contributed by atoms with Gasteiger partial charge in [0.2, 0.25) is 11.8 Å². The van der Waals surface area contributed by atoms with Crippen molar-refractivity contribution in [1.82, 2.24) is 10.6 Å². The molecule has 0 spiro atoms. The van der Waals surface area contributed by atoms with E-state index in [1.807, 2.05) is 0 Å². The molecule has 8 N–H and O–H groups in total. The number of nitrogens with one attached hydrogen (secondary N) is 3. The maximum Gasteiger partial charge on any atom is 0.246 e. The fraction of sp³-hybridized carbons (Fsp3) is 0.667. The Morgan fingerprint density at radius 3 is 2.11 bits per heavy atom. The fourth-order valence-corrected chi connectivity index (χ4v) is 1.05. The number of nitrogens with two attached hydrogens (primary N) is 2. The largest absolute Gasteiger partial charge is 0.383 e. The lowest BCUT2D eigenvalue weighted by molar-refractivity contribution is -0.132. The molecule has 0 rings (SSSR count). The van der Waals surface area contributed by atoms with Gasteiger partial charge in [0.1, 0.15) is 6.10 Å². The maximum absolute atomic E-state index is 11.2. The molecule has 0 saturated carbocycles. The summed E-state index contributed by atoms with van der Waals surface area (Å²) in [7, 11) is 0. The highest BCUT2D eigenvalue weighted by atomic mass is 35.5. The first-order valence-corrected chi connectivity index (χ1v) is 5.25. The van der Waals surface area contributed by atoms with E-state index in [9.17, 15) is 9.59 Å². The minimum Gasteiger partial charge on any atom is -0.383 e. The normalized spacial score (nSPS) is 10.9. The molecule has 8 nitrogen and oxygen atoms in total. The monoisotopic (exact) mass is 281 g/mol. The zero-order valence-electron chi connectivity index (χ0n) is 9.94. The third kappa shape index (κ3) is 11.0. The minimum atomic E-state index is -1.44. The van der Waals surface area contributed by atoms with Crippen LogP contribution in [0.4, 0.5) is 0 Å². The summed E-state index contributed by atoms with van der Waals surface area (Å²) in [6.45, 7) is 0.999. The molecule has 0 aliphatic heterocycles. The van der Waals surface area contributed by atoms with E-state index < -0.39 is 17.9 Å². The standard InChI is InChI=1S/C9H19N5O3.ClH/c10-8(17)6(15)5-7(16)13-3-1-2-4-14-9(11)12;/h6,15H,1-5H2,(H2,10,17)(H,13,16)(H4,11,12,14);1H. The summed E-state index contributed by atoms with van der Waals surface area (Å²) in [6.07, 6.45) is -0.299. The lowest BCUT2D eigenvalue weighted by Crippen LogP contribution is -2.35. The molecule has 0 fully saturated rings. The Morgan fingerprint density at radius 2 is 1.67 bits per heavy atom. The van der Waals surface area contributed by atoms with Crippen LogP contribution < -0.4 is 22.1 Å². The second kappa shape index (κ2) is 10.6. The van der Waals surface area contributed by atoms with Gasteiger partial charge in [0.05, 0.1) is 6.42 Å². The number of hydrogen-bond acceptors (Lipinski definition) is 4. The highest BCUT2D eigenvalue weighted by Crippen LogP contribution is 1.91. The van der Waals surface area contributed by atoms with Crippen LogP contribution in [0.3, 0.4) is 0 Å². The summed E-state index contributed by atoms with van der Waals surface area (Å²) in [5.41, 5.74) is 9.87. The van der Waals surface area contributed by atoms with Gasteiger partial charge in [0.25, 0.3) is 0 Å². The first kappa shape index (κ1) is 18.8. The zero-order valence-corrected chi connectivity index (χ0v) is 10.8. The smallest absolute Gasteiger partial charge is 0.246 e. The molecule has 0 radical (unpaired) electrons. The van der Waals surface area contributed by atoms with Crippen LogP contribution in [-0.2, 0) is 9.59 Å². The Bertz CT molecular complexity index is 287. The number of aliphatic hydroxyl groups is 1. The molecular formula is C9H20ClN5O3. The van der Waals surface area contributed by atoms with Crippen molar-refractivity contribution in [2.75, 3.05) is 13.1 Å². The van der Waals surface area contributed by atoms with Gasteiger partial charge in [-0.15, -0.1) is 12.4 Å². The molecule has 2 amide bonds. The van der Waals surface area contributed by atoms with E-state index in [2.05, 4.69) is 10.6 Å². The molecule has 1 unspecified atom stereocenters. The molecule has 0 aliphatic carbocycles. The number of unbranched alkanes of at least 4 members (excludes halogenated alkanes) is 1. The molecule has 0 aromatic carbocycles. The molecule has 18 heavy (non-hydrogen) atoms. The van der Waals surface area contributed by atoms with Gasteiger partial charge in [-0.05, 0) is 12.8 Å². The van der Waals surface area contributed by atoms with Gasteiger partial charge in [-0.2, -0.15) is 0 Å². The SMILES string of the molecule is Cl.N=C(N)NCCCCNC(=O)CC(O)C(N)=O. The van der Waals surface area contributed by atoms with E-state index in [-0.39, 0.29) is 24.8 Å². The Kier molecular flexibility index (Phi) is 11.1. The third-order valence-corrected chi connectivity index (χ3v) is 1.95. The van der Waals surface area contributed by atoms with Gasteiger partial charge in [0, 0.05) is 13.1 Å². The van der Waals surface area contributed by atoms with E-state index in [4.69, 9.17) is 22.0 Å². The Hall–Kier alpha value is -1.54. The number of primary amides is 1. The summed E-state index contributed by atoms with van der Waals surface area (Å²) in [5.74, 6) is -1.42. The molecular weight excluding hydrogens is 262 g/mol. The van der Waals surface area contributed by atoms with Gasteiger partial charge in [-0.3, -0.25) is 15.0 Å². The number of carbonyl (C=O) groups excluding carboxylic acids is 2. The van der Waals surface area contributed by atoms with Crippen LogP contribution in [-0.4, -0.2) is 42.1 Å². The molecule has 0 heterocycles. The number of aliphatic hydroxyl groups excluding tert-OH is 1. The summed E-state index contributed by atoms with van der Waals surface area (Å²) >= 11 is 0. The van der Waals surface area contributed by atoms with Gasteiger partial charge in [-0.25, -0.2) is 0 Å². The van der Waals surface area contributed by atoms with Gasteiger partial charge in [-0.1, -0.05) is 0 Å². The van der Waals surface area contributed by atoms with E-state index in [1.165, 1.54) is 0 Å². The van der Waals surface area contributed by atoms with Crippen molar-refractivity contribution in [2.24, 2.45) is 11.5 Å². The van der Waals surface area contributed by atoms with Crippen LogP contribution in [0.2, 0.25) is 0 Å². The number of rotatable bonds is 8. The number of guanidine groups is 1. The number of halogens is 1. The predicted octanol–water partition coefficient (Wildman–Crippen LogP) is -1.98. The van der Waals surface area contributed by atoms with Crippen LogP contribution in [0, 0.1) is 5.41 Å². The molecule has 1 atom stereocenters. The lowest BCUT2D eigenvalue weighted by atomic mass is 10.2. The van der Waals surface area contributed by atoms with Crippen molar-refractivity contribution in [3.05, 3.63) is 0 Å². The van der Waals surface area contributed by atoms with Crippen molar-refractivity contribution in [2.45, 2.75) is 25.4 Å². The minimum absolute atomic E-state index is 0. The van der Waals surface area contributed by atoms with Crippen LogP contribution in [0.15, 0.2) is 0 Å². The molecule has 9 heteroatoms. The van der Waals surface area contributed by atoms with Crippen molar-refractivity contribution >= 4 is 30.2 Å². The molecule has 0 aromatic heterocycles. The summed E-state index contributed by atoms with van der Waals surface area (Å²) in [6, 6.07) is 0. The van der Waals surface area contributed by atoms with Crippen molar-refractivity contribution in [3.63, 3.8) is 0 Å². The van der Waals surface area contributed by atoms with Crippen LogP contribution in [0.25, 0.3) is 0 Å². The van der Waals surface area contributed by atoms with Crippen molar-refractivity contribution in [3.8, 4) is 0 Å². The molecule has 0 bridgehead atoms.